The first-order chi connectivity index (χ1) is 7.71. The van der Waals surface area contributed by atoms with Crippen molar-refractivity contribution in [2.45, 2.75) is 40.0 Å². The summed E-state index contributed by atoms with van der Waals surface area (Å²) in [5, 5.41) is 0. The number of likely N-dealkylation sites (tertiary alicyclic amines) is 1. The van der Waals surface area contributed by atoms with Gasteiger partial charge in [-0.2, -0.15) is 0 Å². The minimum absolute atomic E-state index is 0.321. The van der Waals surface area contributed by atoms with Crippen molar-refractivity contribution in [1.29, 1.82) is 0 Å². The lowest BCUT2D eigenvalue weighted by Crippen LogP contribution is -2.41. The Morgan fingerprint density at radius 1 is 1.19 bits per heavy atom. The van der Waals surface area contributed by atoms with Crippen molar-refractivity contribution in [2.75, 3.05) is 32.7 Å². The number of piperidine rings is 1. The molecular weight excluding hydrogens is 200 g/mol. The molecular formula is C13H26N2O. The third kappa shape index (κ3) is 3.78. The number of carbonyl (C=O) groups excluding carboxylic acids is 1. The minimum atomic E-state index is 0.321. The Balaban J connectivity index is 2.29. The van der Waals surface area contributed by atoms with Gasteiger partial charge < -0.3 is 9.80 Å². The first kappa shape index (κ1) is 13.5. The van der Waals surface area contributed by atoms with Crippen LogP contribution in [0, 0.1) is 5.92 Å². The smallest absolute Gasteiger partial charge is 0.222 e. The van der Waals surface area contributed by atoms with Gasteiger partial charge in [0.15, 0.2) is 0 Å². The molecule has 0 saturated carbocycles. The second-order valence-corrected chi connectivity index (χ2v) is 4.66. The largest absolute Gasteiger partial charge is 0.343 e. The normalized spacial score (nSPS) is 18.1. The van der Waals surface area contributed by atoms with Crippen molar-refractivity contribution >= 4 is 5.91 Å². The number of hydrogen-bond acceptors (Lipinski definition) is 2. The summed E-state index contributed by atoms with van der Waals surface area (Å²) in [5.74, 6) is 1.11. The third-order valence-electron chi connectivity index (χ3n) is 3.68. The summed E-state index contributed by atoms with van der Waals surface area (Å²) in [6, 6.07) is 0. The lowest BCUT2D eigenvalue weighted by atomic mass is 9.96. The number of nitrogens with zero attached hydrogens (tertiary/aromatic N) is 2. The molecule has 1 rings (SSSR count). The van der Waals surface area contributed by atoms with E-state index in [4.69, 9.17) is 0 Å². The highest BCUT2D eigenvalue weighted by Crippen LogP contribution is 2.18. The maximum atomic E-state index is 11.5. The van der Waals surface area contributed by atoms with Crippen molar-refractivity contribution in [3.8, 4) is 0 Å². The van der Waals surface area contributed by atoms with E-state index in [1.807, 2.05) is 11.8 Å². The van der Waals surface area contributed by atoms with Crippen LogP contribution in [0.1, 0.15) is 40.0 Å². The highest BCUT2D eigenvalue weighted by Gasteiger charge is 2.22. The molecule has 3 nitrogen and oxygen atoms in total. The monoisotopic (exact) mass is 226 g/mol. The predicted molar refractivity (Wildman–Crippen MR) is 67.4 cm³/mol. The molecule has 0 aromatic heterocycles. The molecule has 1 aliphatic rings. The predicted octanol–water partition coefficient (Wildman–Crippen LogP) is 1.98. The molecule has 3 heteroatoms. The summed E-state index contributed by atoms with van der Waals surface area (Å²) in [4.78, 5) is 16.0. The fraction of sp³-hybridized carbons (Fsp3) is 0.923. The van der Waals surface area contributed by atoms with Gasteiger partial charge in [0.2, 0.25) is 5.91 Å². The van der Waals surface area contributed by atoms with Crippen LogP contribution in [0.25, 0.3) is 0 Å². The van der Waals surface area contributed by atoms with Crippen LogP contribution in [0.4, 0.5) is 0 Å². The highest BCUT2D eigenvalue weighted by atomic mass is 16.2. The van der Waals surface area contributed by atoms with Crippen LogP contribution in [0.2, 0.25) is 0 Å². The van der Waals surface area contributed by atoms with E-state index in [-0.39, 0.29) is 0 Å². The topological polar surface area (TPSA) is 23.6 Å². The van der Waals surface area contributed by atoms with Crippen molar-refractivity contribution in [1.82, 2.24) is 9.80 Å². The molecule has 0 N–H and O–H groups in total. The highest BCUT2D eigenvalue weighted by molar-refractivity contribution is 5.75. The Morgan fingerprint density at radius 2 is 1.75 bits per heavy atom. The molecule has 0 bridgehead atoms. The lowest BCUT2D eigenvalue weighted by Gasteiger charge is -2.34. The van der Waals surface area contributed by atoms with Crippen LogP contribution in [-0.4, -0.2) is 48.4 Å². The molecule has 0 aromatic rings. The summed E-state index contributed by atoms with van der Waals surface area (Å²) in [6.45, 7) is 11.8. The average molecular weight is 226 g/mol. The Kier molecular flexibility index (Phi) is 5.81. The van der Waals surface area contributed by atoms with Crippen LogP contribution in [0.5, 0.6) is 0 Å². The molecule has 94 valence electrons. The number of hydrogen-bond donors (Lipinski definition) is 0. The summed E-state index contributed by atoms with van der Waals surface area (Å²) >= 11 is 0. The standard InChI is InChI=1S/C13H26N2O/c1-4-13(16)15-9-7-12(8-10-15)11-14(5-2)6-3/h12H,4-11H2,1-3H3. The quantitative estimate of drug-likeness (QED) is 0.715. The van der Waals surface area contributed by atoms with Crippen molar-refractivity contribution in [3.05, 3.63) is 0 Å². The van der Waals surface area contributed by atoms with Gasteiger partial charge in [0.05, 0.1) is 0 Å². The SMILES string of the molecule is CCC(=O)N1CCC(CN(CC)CC)CC1. The van der Waals surface area contributed by atoms with Crippen molar-refractivity contribution in [2.24, 2.45) is 5.92 Å². The maximum Gasteiger partial charge on any atom is 0.222 e. The second kappa shape index (κ2) is 6.89. The summed E-state index contributed by atoms with van der Waals surface area (Å²) in [7, 11) is 0. The van der Waals surface area contributed by atoms with Gasteiger partial charge in [0.25, 0.3) is 0 Å². The van der Waals surface area contributed by atoms with E-state index in [9.17, 15) is 4.79 Å². The first-order valence-electron chi connectivity index (χ1n) is 6.71. The Labute approximate surface area is 99.8 Å². The van der Waals surface area contributed by atoms with Crippen LogP contribution in [-0.2, 0) is 4.79 Å². The molecule has 1 heterocycles. The van der Waals surface area contributed by atoms with Crippen LogP contribution < -0.4 is 0 Å². The summed E-state index contributed by atoms with van der Waals surface area (Å²) in [5.41, 5.74) is 0. The zero-order chi connectivity index (χ0) is 12.0. The van der Waals surface area contributed by atoms with E-state index in [1.54, 1.807) is 0 Å². The Bertz CT molecular complexity index is 206. The maximum absolute atomic E-state index is 11.5. The molecule has 0 spiro atoms. The van der Waals surface area contributed by atoms with E-state index in [2.05, 4.69) is 18.7 Å². The van der Waals surface area contributed by atoms with Crippen LogP contribution >= 0.6 is 0 Å². The van der Waals surface area contributed by atoms with Gasteiger partial charge in [0, 0.05) is 26.1 Å². The van der Waals surface area contributed by atoms with E-state index >= 15 is 0 Å². The first-order valence-corrected chi connectivity index (χ1v) is 6.71. The number of amides is 1. The van der Waals surface area contributed by atoms with E-state index in [1.165, 1.54) is 19.4 Å². The van der Waals surface area contributed by atoms with Crippen molar-refractivity contribution < 1.29 is 4.79 Å². The van der Waals surface area contributed by atoms with Crippen LogP contribution in [0.15, 0.2) is 0 Å². The van der Waals surface area contributed by atoms with E-state index < -0.39 is 0 Å². The molecule has 1 aliphatic heterocycles. The van der Waals surface area contributed by atoms with Crippen molar-refractivity contribution in [3.63, 3.8) is 0 Å². The fourth-order valence-corrected chi connectivity index (χ4v) is 2.44. The lowest BCUT2D eigenvalue weighted by molar-refractivity contribution is -0.132. The Morgan fingerprint density at radius 3 is 2.19 bits per heavy atom. The van der Waals surface area contributed by atoms with E-state index in [0.29, 0.717) is 12.3 Å². The average Bonchev–Trinajstić information content (AvgIpc) is 2.35. The summed E-state index contributed by atoms with van der Waals surface area (Å²) < 4.78 is 0. The molecule has 0 aromatic carbocycles. The summed E-state index contributed by atoms with van der Waals surface area (Å²) in [6.07, 6.45) is 3.02. The molecule has 16 heavy (non-hydrogen) atoms. The second-order valence-electron chi connectivity index (χ2n) is 4.66. The van der Waals surface area contributed by atoms with Gasteiger partial charge in [-0.1, -0.05) is 20.8 Å². The van der Waals surface area contributed by atoms with E-state index in [0.717, 1.165) is 32.1 Å². The zero-order valence-electron chi connectivity index (χ0n) is 11.0. The molecule has 0 aliphatic carbocycles. The van der Waals surface area contributed by atoms with Gasteiger partial charge in [-0.05, 0) is 31.8 Å². The van der Waals surface area contributed by atoms with Gasteiger partial charge in [-0.3, -0.25) is 4.79 Å². The molecule has 0 unspecified atom stereocenters. The number of rotatable bonds is 5. The van der Waals surface area contributed by atoms with Gasteiger partial charge in [-0.15, -0.1) is 0 Å². The molecule has 0 radical (unpaired) electrons. The van der Waals surface area contributed by atoms with Gasteiger partial charge >= 0.3 is 0 Å². The fourth-order valence-electron chi connectivity index (χ4n) is 2.44. The molecule has 1 fully saturated rings. The molecule has 0 atom stereocenters. The zero-order valence-corrected chi connectivity index (χ0v) is 11.0. The minimum Gasteiger partial charge on any atom is -0.343 e. The Hall–Kier alpha value is -0.570. The van der Waals surface area contributed by atoms with Crippen LogP contribution in [0.3, 0.4) is 0 Å². The van der Waals surface area contributed by atoms with Gasteiger partial charge in [0.1, 0.15) is 0 Å². The third-order valence-corrected chi connectivity index (χ3v) is 3.68. The van der Waals surface area contributed by atoms with Gasteiger partial charge in [-0.25, -0.2) is 0 Å². The molecule has 1 saturated heterocycles. The number of carbonyl (C=O) groups is 1. The molecule has 1 amide bonds.